The second-order valence-corrected chi connectivity index (χ2v) is 6.74. The van der Waals surface area contributed by atoms with Crippen LogP contribution in [0.25, 0.3) is 0 Å². The van der Waals surface area contributed by atoms with Gasteiger partial charge in [-0.3, -0.25) is 14.2 Å². The molecule has 1 amide bonds. The average molecular weight is 336 g/mol. The van der Waals surface area contributed by atoms with Gasteiger partial charge in [-0.05, 0) is 32.4 Å². The Bertz CT molecular complexity index is 782. The quantitative estimate of drug-likeness (QED) is 0.681. The number of hydrogen-bond acceptors (Lipinski definition) is 6. The molecule has 2 heterocycles. The van der Waals surface area contributed by atoms with Crippen LogP contribution in [0.15, 0.2) is 15.3 Å². The highest BCUT2D eigenvalue weighted by molar-refractivity contribution is 7.98. The molecule has 0 unspecified atom stereocenters. The fourth-order valence-electron chi connectivity index (χ4n) is 2.52. The number of amides is 1. The number of aromatic nitrogens is 3. The number of aryl methyl sites for hydroxylation is 2. The van der Waals surface area contributed by atoms with E-state index in [1.165, 1.54) is 27.7 Å². The summed E-state index contributed by atoms with van der Waals surface area (Å²) in [5.41, 5.74) is 2.43. The molecule has 1 aliphatic rings. The molecule has 1 N–H and O–H groups in total. The SMILES string of the molecule is CSc1nc2c(c(=O)n1CC(=O)Nc1nc(C)cs1)CCC2. The van der Waals surface area contributed by atoms with Crippen LogP contribution in [0, 0.1) is 6.92 Å². The standard InChI is InChI=1S/C14H16N4O2S2/c1-8-7-22-13(15-8)17-11(19)6-18-12(20)9-4-3-5-10(9)16-14(18)21-2/h7H,3-6H2,1-2H3,(H,15,17,19). The summed E-state index contributed by atoms with van der Waals surface area (Å²) in [6.07, 6.45) is 4.42. The molecule has 0 spiro atoms. The van der Waals surface area contributed by atoms with E-state index in [2.05, 4.69) is 15.3 Å². The lowest BCUT2D eigenvalue weighted by Gasteiger charge is -2.12. The molecule has 2 aromatic rings. The largest absolute Gasteiger partial charge is 0.300 e. The topological polar surface area (TPSA) is 76.9 Å². The van der Waals surface area contributed by atoms with E-state index >= 15 is 0 Å². The van der Waals surface area contributed by atoms with Crippen LogP contribution in [-0.2, 0) is 24.2 Å². The molecule has 8 heteroatoms. The van der Waals surface area contributed by atoms with E-state index in [1.54, 1.807) is 0 Å². The van der Waals surface area contributed by atoms with Gasteiger partial charge in [0, 0.05) is 10.9 Å². The third-order valence-corrected chi connectivity index (χ3v) is 5.06. The van der Waals surface area contributed by atoms with Crippen molar-refractivity contribution >= 4 is 34.1 Å². The molecule has 0 aromatic carbocycles. The summed E-state index contributed by atoms with van der Waals surface area (Å²) in [5, 5.41) is 5.74. The van der Waals surface area contributed by atoms with Gasteiger partial charge in [-0.1, -0.05) is 11.8 Å². The first-order valence-corrected chi connectivity index (χ1v) is 9.07. The number of nitrogens with zero attached hydrogens (tertiary/aromatic N) is 3. The van der Waals surface area contributed by atoms with E-state index in [9.17, 15) is 9.59 Å². The van der Waals surface area contributed by atoms with E-state index in [1.807, 2.05) is 18.6 Å². The number of nitrogens with one attached hydrogen (secondary N) is 1. The van der Waals surface area contributed by atoms with Crippen molar-refractivity contribution < 1.29 is 4.79 Å². The molecule has 22 heavy (non-hydrogen) atoms. The van der Waals surface area contributed by atoms with E-state index in [4.69, 9.17) is 0 Å². The molecule has 0 fully saturated rings. The van der Waals surface area contributed by atoms with Crippen LogP contribution in [0.1, 0.15) is 23.4 Å². The average Bonchev–Trinajstić information content (AvgIpc) is 3.10. The van der Waals surface area contributed by atoms with Crippen molar-refractivity contribution in [3.8, 4) is 0 Å². The molecule has 0 atom stereocenters. The maximum Gasteiger partial charge on any atom is 0.258 e. The third-order valence-electron chi connectivity index (χ3n) is 3.50. The summed E-state index contributed by atoms with van der Waals surface area (Å²) in [4.78, 5) is 33.4. The van der Waals surface area contributed by atoms with Crippen molar-refractivity contribution in [2.24, 2.45) is 0 Å². The lowest BCUT2D eigenvalue weighted by molar-refractivity contribution is -0.116. The predicted molar refractivity (Wildman–Crippen MR) is 87.8 cm³/mol. The third kappa shape index (κ3) is 2.93. The summed E-state index contributed by atoms with van der Waals surface area (Å²) < 4.78 is 1.46. The fourth-order valence-corrected chi connectivity index (χ4v) is 3.79. The molecule has 0 aliphatic heterocycles. The zero-order chi connectivity index (χ0) is 15.7. The van der Waals surface area contributed by atoms with Crippen LogP contribution in [0.4, 0.5) is 5.13 Å². The molecule has 0 saturated heterocycles. The Labute approximate surface area is 136 Å². The monoisotopic (exact) mass is 336 g/mol. The zero-order valence-corrected chi connectivity index (χ0v) is 14.0. The van der Waals surface area contributed by atoms with Crippen LogP contribution in [0.2, 0.25) is 0 Å². The highest BCUT2D eigenvalue weighted by Gasteiger charge is 2.21. The minimum Gasteiger partial charge on any atom is -0.300 e. The molecule has 0 saturated carbocycles. The second-order valence-electron chi connectivity index (χ2n) is 5.11. The summed E-state index contributed by atoms with van der Waals surface area (Å²) in [7, 11) is 0. The zero-order valence-electron chi connectivity index (χ0n) is 12.4. The number of hydrogen-bond donors (Lipinski definition) is 1. The fraction of sp³-hybridized carbons (Fsp3) is 0.429. The molecule has 0 bridgehead atoms. The highest BCUT2D eigenvalue weighted by atomic mass is 32.2. The summed E-state index contributed by atoms with van der Waals surface area (Å²) in [6.45, 7) is 1.83. The molecule has 6 nitrogen and oxygen atoms in total. The number of fused-ring (bicyclic) bond motifs is 1. The smallest absolute Gasteiger partial charge is 0.258 e. The van der Waals surface area contributed by atoms with Crippen LogP contribution >= 0.6 is 23.1 Å². The van der Waals surface area contributed by atoms with Crippen LogP contribution in [0.5, 0.6) is 0 Å². The number of carbonyl (C=O) groups excluding carboxylic acids is 1. The van der Waals surface area contributed by atoms with Gasteiger partial charge in [0.05, 0.1) is 11.4 Å². The number of thioether (sulfide) groups is 1. The molecule has 0 radical (unpaired) electrons. The van der Waals surface area contributed by atoms with Gasteiger partial charge >= 0.3 is 0 Å². The van der Waals surface area contributed by atoms with E-state index < -0.39 is 0 Å². The Morgan fingerprint density at radius 3 is 2.95 bits per heavy atom. The first-order chi connectivity index (χ1) is 10.6. The van der Waals surface area contributed by atoms with Crippen molar-refractivity contribution in [2.45, 2.75) is 37.9 Å². The van der Waals surface area contributed by atoms with Crippen molar-refractivity contribution in [2.75, 3.05) is 11.6 Å². The molecule has 2 aromatic heterocycles. The van der Waals surface area contributed by atoms with E-state index in [0.29, 0.717) is 10.3 Å². The summed E-state index contributed by atoms with van der Waals surface area (Å²) >= 11 is 2.76. The first kappa shape index (κ1) is 15.2. The highest BCUT2D eigenvalue weighted by Crippen LogP contribution is 2.20. The van der Waals surface area contributed by atoms with Gasteiger partial charge in [0.25, 0.3) is 5.56 Å². The lowest BCUT2D eigenvalue weighted by atomic mass is 10.2. The van der Waals surface area contributed by atoms with Gasteiger partial charge in [0.15, 0.2) is 10.3 Å². The summed E-state index contributed by atoms with van der Waals surface area (Å²) in [6, 6.07) is 0. The van der Waals surface area contributed by atoms with E-state index in [0.717, 1.165) is 36.2 Å². The normalized spacial score (nSPS) is 13.2. The Morgan fingerprint density at radius 2 is 2.27 bits per heavy atom. The molecular weight excluding hydrogens is 320 g/mol. The minimum atomic E-state index is -0.258. The minimum absolute atomic E-state index is 0.0338. The molecule has 116 valence electrons. The van der Waals surface area contributed by atoms with Gasteiger partial charge in [-0.2, -0.15) is 0 Å². The van der Waals surface area contributed by atoms with Gasteiger partial charge in [-0.25, -0.2) is 9.97 Å². The van der Waals surface area contributed by atoms with Crippen molar-refractivity contribution in [1.29, 1.82) is 0 Å². The maximum atomic E-state index is 12.5. The van der Waals surface area contributed by atoms with Crippen LogP contribution in [0.3, 0.4) is 0 Å². The number of rotatable bonds is 4. The number of thiazole rings is 1. The van der Waals surface area contributed by atoms with Crippen molar-refractivity contribution in [1.82, 2.24) is 14.5 Å². The van der Waals surface area contributed by atoms with Crippen LogP contribution < -0.4 is 10.9 Å². The number of carbonyl (C=O) groups is 1. The molecule has 1 aliphatic carbocycles. The van der Waals surface area contributed by atoms with Gasteiger partial charge in [-0.15, -0.1) is 11.3 Å². The Kier molecular flexibility index (Phi) is 4.30. The molecular formula is C14H16N4O2S2. The van der Waals surface area contributed by atoms with Gasteiger partial charge in [0.2, 0.25) is 5.91 Å². The van der Waals surface area contributed by atoms with Crippen molar-refractivity contribution in [3.63, 3.8) is 0 Å². The Hall–Kier alpha value is -1.67. The second kappa shape index (κ2) is 6.21. The predicted octanol–water partition coefficient (Wildman–Crippen LogP) is 1.86. The van der Waals surface area contributed by atoms with Gasteiger partial charge in [0.1, 0.15) is 6.54 Å². The van der Waals surface area contributed by atoms with Crippen LogP contribution in [-0.4, -0.2) is 26.7 Å². The van der Waals surface area contributed by atoms with E-state index in [-0.39, 0.29) is 18.0 Å². The Balaban J connectivity index is 1.85. The molecule has 3 rings (SSSR count). The maximum absolute atomic E-state index is 12.5. The first-order valence-electron chi connectivity index (χ1n) is 6.97. The van der Waals surface area contributed by atoms with Crippen molar-refractivity contribution in [3.05, 3.63) is 32.7 Å². The number of anilines is 1. The van der Waals surface area contributed by atoms with Gasteiger partial charge < -0.3 is 5.32 Å². The lowest BCUT2D eigenvalue weighted by Crippen LogP contribution is -2.31. The summed E-state index contributed by atoms with van der Waals surface area (Å²) in [5.74, 6) is -0.258. The Morgan fingerprint density at radius 1 is 1.45 bits per heavy atom.